The number of hydrogen-bond acceptors (Lipinski definition) is 5. The fourth-order valence-electron chi connectivity index (χ4n) is 1.56. The van der Waals surface area contributed by atoms with E-state index in [-0.39, 0.29) is 0 Å². The quantitative estimate of drug-likeness (QED) is 0.597. The van der Waals surface area contributed by atoms with E-state index in [1.54, 1.807) is 31.2 Å². The molecule has 0 saturated carbocycles. The van der Waals surface area contributed by atoms with Crippen molar-refractivity contribution in [2.24, 2.45) is 0 Å². The zero-order valence-electron chi connectivity index (χ0n) is 10.5. The van der Waals surface area contributed by atoms with Crippen LogP contribution in [0.1, 0.15) is 18.4 Å². The summed E-state index contributed by atoms with van der Waals surface area (Å²) in [5, 5.41) is 0. The number of rotatable bonds is 5. The van der Waals surface area contributed by atoms with Gasteiger partial charge >= 0.3 is 5.97 Å². The molecule has 0 unspecified atom stereocenters. The first-order chi connectivity index (χ1) is 8.35. The van der Waals surface area contributed by atoms with Gasteiger partial charge in [-0.25, -0.2) is 4.79 Å². The van der Waals surface area contributed by atoms with E-state index in [4.69, 9.17) is 4.18 Å². The summed E-state index contributed by atoms with van der Waals surface area (Å²) in [6, 6.07) is 9.04. The van der Waals surface area contributed by atoms with Crippen LogP contribution >= 0.6 is 0 Å². The topological polar surface area (TPSA) is 69.7 Å². The second-order valence-electron chi connectivity index (χ2n) is 3.94. The van der Waals surface area contributed by atoms with E-state index in [2.05, 4.69) is 4.74 Å². The van der Waals surface area contributed by atoms with Crippen molar-refractivity contribution in [3.8, 4) is 0 Å². The number of hydrogen-bond donors (Lipinski definition) is 0. The van der Waals surface area contributed by atoms with Crippen LogP contribution in [-0.2, 0) is 23.8 Å². The van der Waals surface area contributed by atoms with E-state index in [1.807, 2.05) is 6.07 Å². The van der Waals surface area contributed by atoms with Crippen molar-refractivity contribution >= 4 is 16.1 Å². The van der Waals surface area contributed by atoms with E-state index >= 15 is 0 Å². The minimum absolute atomic E-state index is 0.423. The Bertz CT molecular complexity index is 494. The third-order valence-corrected chi connectivity index (χ3v) is 3.05. The average molecular weight is 272 g/mol. The average Bonchev–Trinajstić information content (AvgIpc) is 2.34. The Hall–Kier alpha value is -1.40. The molecule has 0 saturated heterocycles. The lowest BCUT2D eigenvalue weighted by Gasteiger charge is -2.21. The molecule has 1 rings (SSSR count). The van der Waals surface area contributed by atoms with E-state index in [1.165, 1.54) is 7.11 Å². The molecule has 0 aliphatic rings. The summed E-state index contributed by atoms with van der Waals surface area (Å²) in [7, 11) is -2.54. The van der Waals surface area contributed by atoms with E-state index in [0.717, 1.165) is 11.8 Å². The summed E-state index contributed by atoms with van der Waals surface area (Å²) in [6.45, 7) is 1.71. The number of esters is 1. The second-order valence-corrected chi connectivity index (χ2v) is 5.54. The molecule has 0 bridgehead atoms. The van der Waals surface area contributed by atoms with Gasteiger partial charge in [0.2, 0.25) is 0 Å². The van der Waals surface area contributed by atoms with Crippen molar-refractivity contribution in [2.75, 3.05) is 13.4 Å². The van der Waals surface area contributed by atoms with Crippen LogP contribution < -0.4 is 0 Å². The molecule has 18 heavy (non-hydrogen) atoms. The van der Waals surface area contributed by atoms with Gasteiger partial charge < -0.3 is 4.74 Å². The molecule has 0 aliphatic heterocycles. The van der Waals surface area contributed by atoms with Gasteiger partial charge in [-0.1, -0.05) is 37.3 Å². The van der Waals surface area contributed by atoms with Crippen LogP contribution in [0.15, 0.2) is 30.3 Å². The van der Waals surface area contributed by atoms with Crippen LogP contribution in [-0.4, -0.2) is 33.9 Å². The van der Waals surface area contributed by atoms with Gasteiger partial charge in [-0.15, -0.1) is 0 Å². The van der Waals surface area contributed by atoms with Crippen LogP contribution in [0.4, 0.5) is 0 Å². The van der Waals surface area contributed by atoms with E-state index < -0.39 is 28.1 Å². The Balaban J connectivity index is 3.00. The molecule has 1 aromatic carbocycles. The smallest absolute Gasteiger partial charge is 0.337 e. The maximum Gasteiger partial charge on any atom is 0.337 e. The molecule has 5 nitrogen and oxygen atoms in total. The molecule has 0 radical (unpaired) electrons. The Morgan fingerprint density at radius 1 is 1.22 bits per heavy atom. The highest BCUT2D eigenvalue weighted by molar-refractivity contribution is 7.86. The molecule has 6 heteroatoms. The van der Waals surface area contributed by atoms with Crippen LogP contribution in [0.25, 0.3) is 0 Å². The summed E-state index contributed by atoms with van der Waals surface area (Å²) < 4.78 is 31.7. The second kappa shape index (κ2) is 5.97. The third-order valence-electron chi connectivity index (χ3n) is 2.49. The molecule has 100 valence electrons. The molecular weight excluding hydrogens is 256 g/mol. The highest BCUT2D eigenvalue weighted by Gasteiger charge is 2.31. The van der Waals surface area contributed by atoms with Crippen molar-refractivity contribution in [2.45, 2.75) is 18.9 Å². The van der Waals surface area contributed by atoms with Crippen molar-refractivity contribution < 1.29 is 22.1 Å². The first kappa shape index (κ1) is 14.7. The first-order valence-electron chi connectivity index (χ1n) is 5.36. The predicted molar refractivity (Wildman–Crippen MR) is 66.6 cm³/mol. The first-order valence-corrected chi connectivity index (χ1v) is 7.18. The zero-order chi connectivity index (χ0) is 13.8. The number of benzene rings is 1. The molecule has 0 amide bonds. The molecule has 0 aromatic heterocycles. The minimum atomic E-state index is -3.73. The fraction of sp³-hybridized carbons (Fsp3) is 0.417. The van der Waals surface area contributed by atoms with Crippen LogP contribution in [0.3, 0.4) is 0 Å². The molecule has 0 aliphatic carbocycles. The number of carbonyl (C=O) groups is 1. The van der Waals surface area contributed by atoms with Gasteiger partial charge in [0.15, 0.2) is 6.10 Å². The molecule has 0 spiro atoms. The summed E-state index contributed by atoms with van der Waals surface area (Å²) in [4.78, 5) is 11.6. The number of carbonyl (C=O) groups excluding carboxylic acids is 1. The fourth-order valence-corrected chi connectivity index (χ4v) is 2.18. The van der Waals surface area contributed by atoms with Gasteiger partial charge in [0.05, 0.1) is 13.4 Å². The summed E-state index contributed by atoms with van der Waals surface area (Å²) >= 11 is 0. The highest BCUT2D eigenvalue weighted by Crippen LogP contribution is 2.23. The van der Waals surface area contributed by atoms with Crippen LogP contribution in [0.5, 0.6) is 0 Å². The molecule has 0 fully saturated rings. The van der Waals surface area contributed by atoms with Gasteiger partial charge in [0.1, 0.15) is 0 Å². The Morgan fingerprint density at radius 3 is 2.22 bits per heavy atom. The summed E-state index contributed by atoms with van der Waals surface area (Å²) in [6.07, 6.45) is -0.270. The predicted octanol–water partition coefficient (Wildman–Crippen LogP) is 1.31. The lowest BCUT2D eigenvalue weighted by Crippen LogP contribution is -2.33. The maximum atomic E-state index is 11.6. The number of ether oxygens (including phenoxy) is 1. The zero-order valence-corrected chi connectivity index (χ0v) is 11.3. The monoisotopic (exact) mass is 272 g/mol. The number of methoxy groups -OCH3 is 1. The van der Waals surface area contributed by atoms with Crippen molar-refractivity contribution in [1.82, 2.24) is 0 Å². The van der Waals surface area contributed by atoms with Gasteiger partial charge in [-0.05, 0) is 5.56 Å². The van der Waals surface area contributed by atoms with Gasteiger partial charge in [0, 0.05) is 5.92 Å². The molecule has 1 aromatic rings. The Labute approximate surface area is 107 Å². The normalized spacial score (nSPS) is 14.8. The Kier molecular flexibility index (Phi) is 4.86. The third kappa shape index (κ3) is 4.12. The van der Waals surface area contributed by atoms with Crippen LogP contribution in [0.2, 0.25) is 0 Å². The van der Waals surface area contributed by atoms with E-state index in [0.29, 0.717) is 0 Å². The Morgan fingerprint density at radius 2 is 1.78 bits per heavy atom. The van der Waals surface area contributed by atoms with Crippen molar-refractivity contribution in [1.29, 1.82) is 0 Å². The minimum Gasteiger partial charge on any atom is -0.467 e. The molecule has 0 heterocycles. The summed E-state index contributed by atoms with van der Waals surface area (Å²) in [5.74, 6) is -1.13. The van der Waals surface area contributed by atoms with Crippen molar-refractivity contribution in [3.63, 3.8) is 0 Å². The largest absolute Gasteiger partial charge is 0.467 e. The van der Waals surface area contributed by atoms with Gasteiger partial charge in [-0.2, -0.15) is 8.42 Å². The van der Waals surface area contributed by atoms with Gasteiger partial charge in [0.25, 0.3) is 10.1 Å². The maximum absolute atomic E-state index is 11.6. The SMILES string of the molecule is COC(=O)[C@@H](OS(C)(=O)=O)[C@H](C)c1ccccc1. The molecule has 0 N–H and O–H groups in total. The standard InChI is InChI=1S/C12H16O5S/c1-9(10-7-5-4-6-8-10)11(12(13)16-2)17-18(3,14)15/h4-9,11H,1-3H3/t9-,11+/m1/s1. The summed E-state index contributed by atoms with van der Waals surface area (Å²) in [5.41, 5.74) is 0.802. The molecule has 2 atom stereocenters. The molecular formula is C12H16O5S. The van der Waals surface area contributed by atoms with Crippen LogP contribution in [0, 0.1) is 0 Å². The lowest BCUT2D eigenvalue weighted by molar-refractivity contribution is -0.149. The lowest BCUT2D eigenvalue weighted by atomic mass is 9.95. The van der Waals surface area contributed by atoms with E-state index in [9.17, 15) is 13.2 Å². The van der Waals surface area contributed by atoms with Gasteiger partial charge in [-0.3, -0.25) is 4.18 Å². The van der Waals surface area contributed by atoms with Crippen molar-refractivity contribution in [3.05, 3.63) is 35.9 Å². The highest BCUT2D eigenvalue weighted by atomic mass is 32.2.